The number of sulfonamides is 1. The van der Waals surface area contributed by atoms with E-state index >= 15 is 0 Å². The van der Waals surface area contributed by atoms with Gasteiger partial charge in [-0.15, -0.1) is 0 Å². The lowest BCUT2D eigenvalue weighted by atomic mass is 10.2. The molecule has 0 saturated carbocycles. The first-order chi connectivity index (χ1) is 9.38. The third-order valence-corrected chi connectivity index (χ3v) is 4.86. The molecule has 0 aliphatic carbocycles. The number of hydrogen-bond donors (Lipinski definition) is 0. The molecule has 118 valence electrons. The molecule has 1 unspecified atom stereocenters. The zero-order valence-electron chi connectivity index (χ0n) is 12.7. The zero-order valence-corrected chi connectivity index (χ0v) is 13.5. The van der Waals surface area contributed by atoms with Crippen LogP contribution in [0.2, 0.25) is 0 Å². The Bertz CT molecular complexity index is 401. The molecule has 1 heterocycles. The van der Waals surface area contributed by atoms with Crippen LogP contribution in [0, 0.1) is 0 Å². The van der Waals surface area contributed by atoms with Crippen LogP contribution in [0.15, 0.2) is 0 Å². The normalized spacial score (nSPS) is 19.5. The van der Waals surface area contributed by atoms with Crippen molar-refractivity contribution in [1.29, 1.82) is 0 Å². The van der Waals surface area contributed by atoms with Crippen molar-refractivity contribution < 1.29 is 17.9 Å². The number of carbonyl (C=O) groups excluding carboxylic acids is 1. The van der Waals surface area contributed by atoms with Crippen molar-refractivity contribution in [2.75, 3.05) is 39.0 Å². The third-order valence-electron chi connectivity index (χ3n) is 3.59. The zero-order chi connectivity index (χ0) is 15.2. The van der Waals surface area contributed by atoms with E-state index in [9.17, 15) is 13.2 Å². The van der Waals surface area contributed by atoms with Gasteiger partial charge in [0.25, 0.3) is 0 Å². The Morgan fingerprint density at radius 2 is 1.95 bits per heavy atom. The fourth-order valence-corrected chi connectivity index (χ4v) is 3.22. The van der Waals surface area contributed by atoms with E-state index in [2.05, 4.69) is 0 Å². The molecular weight excluding hydrogens is 280 g/mol. The van der Waals surface area contributed by atoms with E-state index in [-0.39, 0.29) is 25.0 Å². The van der Waals surface area contributed by atoms with Crippen LogP contribution in [-0.2, 0) is 19.6 Å². The number of ether oxygens (including phenoxy) is 1. The van der Waals surface area contributed by atoms with Gasteiger partial charge in [0, 0.05) is 39.2 Å². The Kier molecular flexibility index (Phi) is 6.91. The number of nitrogens with zero attached hydrogens (tertiary/aromatic N) is 2. The summed E-state index contributed by atoms with van der Waals surface area (Å²) in [7, 11) is -3.30. The van der Waals surface area contributed by atoms with Gasteiger partial charge in [0.15, 0.2) is 0 Å². The predicted octanol–water partition coefficient (Wildman–Crippen LogP) is 0.686. The maximum Gasteiger partial charge on any atom is 0.223 e. The first-order valence-corrected chi connectivity index (χ1v) is 9.07. The fraction of sp³-hybridized carbons (Fsp3) is 0.923. The first kappa shape index (κ1) is 17.4. The van der Waals surface area contributed by atoms with Crippen LogP contribution >= 0.6 is 0 Å². The summed E-state index contributed by atoms with van der Waals surface area (Å²) in [5.74, 6) is -0.00371. The highest BCUT2D eigenvalue weighted by Crippen LogP contribution is 2.15. The molecule has 1 atom stereocenters. The summed E-state index contributed by atoms with van der Waals surface area (Å²) >= 11 is 0. The quantitative estimate of drug-likeness (QED) is 0.661. The summed E-state index contributed by atoms with van der Waals surface area (Å²) < 4.78 is 30.4. The highest BCUT2D eigenvalue weighted by Gasteiger charge is 2.25. The smallest absolute Gasteiger partial charge is 0.223 e. The molecule has 0 aromatic heterocycles. The van der Waals surface area contributed by atoms with Gasteiger partial charge in [-0.1, -0.05) is 0 Å². The summed E-state index contributed by atoms with van der Waals surface area (Å²) in [6.07, 6.45) is 3.23. The average Bonchev–Trinajstić information content (AvgIpc) is 2.87. The molecule has 0 aromatic carbocycles. The van der Waals surface area contributed by atoms with E-state index in [0.29, 0.717) is 26.2 Å². The van der Waals surface area contributed by atoms with Gasteiger partial charge in [0.2, 0.25) is 15.9 Å². The standard InChI is InChI=1S/C13H26N2O4S/c1-4-14(5-2)13(16)8-9-15(20(3,17)18)11-12-7-6-10-19-12/h12H,4-11H2,1-3H3. The highest BCUT2D eigenvalue weighted by atomic mass is 32.2. The van der Waals surface area contributed by atoms with Gasteiger partial charge in [-0.05, 0) is 26.7 Å². The fourth-order valence-electron chi connectivity index (χ4n) is 2.36. The lowest BCUT2D eigenvalue weighted by Crippen LogP contribution is -2.40. The predicted molar refractivity (Wildman–Crippen MR) is 77.9 cm³/mol. The van der Waals surface area contributed by atoms with E-state index in [0.717, 1.165) is 12.8 Å². The van der Waals surface area contributed by atoms with Crippen molar-refractivity contribution in [3.05, 3.63) is 0 Å². The van der Waals surface area contributed by atoms with E-state index in [1.165, 1.54) is 10.6 Å². The molecule has 1 aliphatic rings. The minimum absolute atomic E-state index is 0.00371. The Balaban J connectivity index is 2.55. The van der Waals surface area contributed by atoms with Gasteiger partial charge < -0.3 is 9.64 Å². The van der Waals surface area contributed by atoms with Crippen LogP contribution in [0.3, 0.4) is 0 Å². The Hall–Kier alpha value is -0.660. The summed E-state index contributed by atoms with van der Waals surface area (Å²) in [6, 6.07) is 0. The molecule has 6 nitrogen and oxygen atoms in total. The minimum Gasteiger partial charge on any atom is -0.377 e. The van der Waals surface area contributed by atoms with E-state index in [4.69, 9.17) is 4.74 Å². The van der Waals surface area contributed by atoms with Crippen LogP contribution in [0.5, 0.6) is 0 Å². The van der Waals surface area contributed by atoms with Crippen LogP contribution in [0.25, 0.3) is 0 Å². The first-order valence-electron chi connectivity index (χ1n) is 7.23. The van der Waals surface area contributed by atoms with Crippen LogP contribution in [0.4, 0.5) is 0 Å². The van der Waals surface area contributed by atoms with Gasteiger partial charge in [-0.2, -0.15) is 4.31 Å². The Morgan fingerprint density at radius 1 is 1.30 bits per heavy atom. The monoisotopic (exact) mass is 306 g/mol. The van der Waals surface area contributed by atoms with Gasteiger partial charge in [0.05, 0.1) is 12.4 Å². The van der Waals surface area contributed by atoms with Crippen LogP contribution in [-0.4, -0.2) is 68.7 Å². The van der Waals surface area contributed by atoms with Gasteiger partial charge >= 0.3 is 0 Å². The Morgan fingerprint density at radius 3 is 2.40 bits per heavy atom. The van der Waals surface area contributed by atoms with Crippen molar-refractivity contribution in [3.8, 4) is 0 Å². The maximum absolute atomic E-state index is 11.9. The minimum atomic E-state index is -3.30. The highest BCUT2D eigenvalue weighted by molar-refractivity contribution is 7.88. The molecule has 1 fully saturated rings. The van der Waals surface area contributed by atoms with Crippen molar-refractivity contribution in [3.63, 3.8) is 0 Å². The van der Waals surface area contributed by atoms with Crippen molar-refractivity contribution in [2.45, 2.75) is 39.2 Å². The van der Waals surface area contributed by atoms with Crippen LogP contribution < -0.4 is 0 Å². The summed E-state index contributed by atoms with van der Waals surface area (Å²) in [4.78, 5) is 13.7. The van der Waals surface area contributed by atoms with E-state index in [1.807, 2.05) is 13.8 Å². The second kappa shape index (κ2) is 7.95. The lowest BCUT2D eigenvalue weighted by Gasteiger charge is -2.24. The second-order valence-corrected chi connectivity index (χ2v) is 7.05. The number of hydrogen-bond acceptors (Lipinski definition) is 4. The van der Waals surface area contributed by atoms with Gasteiger partial charge in [0.1, 0.15) is 0 Å². The van der Waals surface area contributed by atoms with Crippen molar-refractivity contribution in [1.82, 2.24) is 9.21 Å². The van der Waals surface area contributed by atoms with Gasteiger partial charge in [-0.3, -0.25) is 4.79 Å². The number of amides is 1. The van der Waals surface area contributed by atoms with Crippen molar-refractivity contribution >= 4 is 15.9 Å². The summed E-state index contributed by atoms with van der Waals surface area (Å²) in [5.41, 5.74) is 0. The van der Waals surface area contributed by atoms with E-state index < -0.39 is 10.0 Å². The van der Waals surface area contributed by atoms with Crippen molar-refractivity contribution in [2.24, 2.45) is 0 Å². The molecule has 0 radical (unpaired) electrons. The lowest BCUT2D eigenvalue weighted by molar-refractivity contribution is -0.130. The SMILES string of the molecule is CCN(CC)C(=O)CCN(CC1CCCO1)S(C)(=O)=O. The van der Waals surface area contributed by atoms with E-state index in [1.54, 1.807) is 4.90 Å². The molecule has 0 bridgehead atoms. The average molecular weight is 306 g/mol. The Labute approximate surface area is 122 Å². The molecule has 20 heavy (non-hydrogen) atoms. The summed E-state index contributed by atoms with van der Waals surface area (Å²) in [6.45, 7) is 6.42. The molecule has 1 amide bonds. The molecule has 0 aromatic rings. The number of rotatable bonds is 8. The van der Waals surface area contributed by atoms with Crippen LogP contribution in [0.1, 0.15) is 33.1 Å². The molecule has 0 spiro atoms. The second-order valence-electron chi connectivity index (χ2n) is 5.07. The third kappa shape index (κ3) is 5.38. The number of carbonyl (C=O) groups is 1. The molecular formula is C13H26N2O4S. The summed E-state index contributed by atoms with van der Waals surface area (Å²) in [5, 5.41) is 0. The largest absolute Gasteiger partial charge is 0.377 e. The molecule has 1 aliphatic heterocycles. The topological polar surface area (TPSA) is 66.9 Å². The maximum atomic E-state index is 11.9. The molecule has 0 N–H and O–H groups in total. The molecule has 1 saturated heterocycles. The van der Waals surface area contributed by atoms with Gasteiger partial charge in [-0.25, -0.2) is 8.42 Å². The molecule has 1 rings (SSSR count). The molecule has 7 heteroatoms.